The minimum atomic E-state index is -0.572. The third-order valence-electron chi connectivity index (χ3n) is 8.74. The molecule has 3 fully saturated rings. The molecule has 3 aliphatic carbocycles. The number of rotatable bonds is 1. The van der Waals surface area contributed by atoms with E-state index in [1.54, 1.807) is 0 Å². The second-order valence-electron chi connectivity index (χ2n) is 11.2. The Hall–Kier alpha value is -1.36. The summed E-state index contributed by atoms with van der Waals surface area (Å²) in [6, 6.07) is 0. The Kier molecular flexibility index (Phi) is 4.50. The summed E-state index contributed by atoms with van der Waals surface area (Å²) < 4.78 is 0. The first-order valence-corrected chi connectivity index (χ1v) is 11.0. The number of hydrogen-bond donors (Lipinski definition) is 2. The fourth-order valence-electron chi connectivity index (χ4n) is 7.03. The molecule has 1 heterocycles. The highest BCUT2D eigenvalue weighted by Gasteiger charge is 2.61. The Bertz CT molecular complexity index is 724. The molecule has 2 saturated carbocycles. The van der Waals surface area contributed by atoms with Crippen LogP contribution in [0, 0.1) is 34.5 Å². The number of ketones is 1. The number of amides is 1. The van der Waals surface area contributed by atoms with Crippen molar-refractivity contribution in [3.8, 4) is 0 Å². The summed E-state index contributed by atoms with van der Waals surface area (Å²) >= 11 is 0. The number of allylic oxidation sites excluding steroid dienone is 2. The first-order valence-electron chi connectivity index (χ1n) is 11.0. The molecule has 28 heavy (non-hydrogen) atoms. The van der Waals surface area contributed by atoms with Crippen LogP contribution < -0.4 is 5.32 Å². The van der Waals surface area contributed by atoms with Gasteiger partial charge in [0.2, 0.25) is 5.91 Å². The van der Waals surface area contributed by atoms with Crippen molar-refractivity contribution in [2.75, 3.05) is 6.54 Å². The highest BCUT2D eigenvalue weighted by atomic mass is 16.5. The van der Waals surface area contributed by atoms with Crippen LogP contribution in [0.15, 0.2) is 11.8 Å². The van der Waals surface area contributed by atoms with Crippen molar-refractivity contribution < 1.29 is 14.8 Å². The summed E-state index contributed by atoms with van der Waals surface area (Å²) in [5.74, 6) is 1.66. The van der Waals surface area contributed by atoms with Crippen molar-refractivity contribution in [2.45, 2.75) is 78.7 Å². The molecule has 5 heteroatoms. The van der Waals surface area contributed by atoms with Gasteiger partial charge in [-0.05, 0) is 76.0 Å². The third kappa shape index (κ3) is 2.76. The van der Waals surface area contributed by atoms with E-state index in [1.165, 1.54) is 0 Å². The fourth-order valence-corrected chi connectivity index (χ4v) is 7.03. The fraction of sp³-hybridized carbons (Fsp3) is 0.826. The predicted molar refractivity (Wildman–Crippen MR) is 107 cm³/mol. The van der Waals surface area contributed by atoms with E-state index in [2.05, 4.69) is 19.2 Å². The maximum atomic E-state index is 13.2. The number of carbonyl (C=O) groups excluding carboxylic acids is 2. The van der Waals surface area contributed by atoms with E-state index in [1.807, 2.05) is 26.8 Å². The third-order valence-corrected chi connectivity index (χ3v) is 8.74. The monoisotopic (exact) mass is 388 g/mol. The minimum absolute atomic E-state index is 0.0474. The van der Waals surface area contributed by atoms with Crippen LogP contribution in [-0.4, -0.2) is 34.0 Å². The zero-order valence-corrected chi connectivity index (χ0v) is 18.0. The van der Waals surface area contributed by atoms with Crippen molar-refractivity contribution in [1.82, 2.24) is 10.4 Å². The molecule has 0 bridgehead atoms. The normalized spacial score (nSPS) is 42.6. The number of piperidine rings is 1. The molecular formula is C23H36N2O3. The quantitative estimate of drug-likeness (QED) is 0.528. The van der Waals surface area contributed by atoms with Crippen LogP contribution in [0.5, 0.6) is 0 Å². The van der Waals surface area contributed by atoms with Gasteiger partial charge in [-0.3, -0.25) is 14.8 Å². The van der Waals surface area contributed by atoms with Crippen LogP contribution in [-0.2, 0) is 9.59 Å². The molecule has 1 unspecified atom stereocenters. The standard InChI is InChI=1S/C23H36N2O3/c1-21(2,3)25(28)20(27)18-7-6-16-15-13-24-19-12-14(26)8-10-23(19,5)17(15)9-11-22(16,18)4/h12,15-18,24,28H,6-11,13H2,1-5H3/t15-,16-,17+,18?,22-,23+/m0/s1. The molecule has 0 aromatic rings. The highest BCUT2D eigenvalue weighted by Crippen LogP contribution is 2.64. The highest BCUT2D eigenvalue weighted by molar-refractivity contribution is 5.91. The predicted octanol–water partition coefficient (Wildman–Crippen LogP) is 3.92. The number of fused-ring (bicyclic) bond motifs is 5. The smallest absolute Gasteiger partial charge is 0.250 e. The lowest BCUT2D eigenvalue weighted by atomic mass is 9.50. The molecule has 4 aliphatic rings. The van der Waals surface area contributed by atoms with E-state index in [9.17, 15) is 14.8 Å². The summed E-state index contributed by atoms with van der Waals surface area (Å²) in [4.78, 5) is 25.1. The Balaban J connectivity index is 1.60. The van der Waals surface area contributed by atoms with Gasteiger partial charge in [0.15, 0.2) is 5.78 Å². The largest absolute Gasteiger partial charge is 0.387 e. The molecule has 156 valence electrons. The number of hydrogen-bond acceptors (Lipinski definition) is 4. The van der Waals surface area contributed by atoms with E-state index in [4.69, 9.17) is 0 Å². The Morgan fingerprint density at radius 1 is 1.18 bits per heavy atom. The number of hydroxylamine groups is 2. The molecule has 1 amide bonds. The van der Waals surface area contributed by atoms with Crippen molar-refractivity contribution >= 4 is 11.7 Å². The van der Waals surface area contributed by atoms with Gasteiger partial charge >= 0.3 is 0 Å². The second kappa shape index (κ2) is 6.32. The van der Waals surface area contributed by atoms with E-state index in [0.717, 1.165) is 49.4 Å². The van der Waals surface area contributed by atoms with Gasteiger partial charge in [-0.1, -0.05) is 13.8 Å². The Labute approximate surface area is 168 Å². The second-order valence-corrected chi connectivity index (χ2v) is 11.2. The van der Waals surface area contributed by atoms with Crippen molar-refractivity contribution in [3.05, 3.63) is 11.8 Å². The molecule has 0 aromatic heterocycles. The zero-order valence-electron chi connectivity index (χ0n) is 18.0. The summed E-state index contributed by atoms with van der Waals surface area (Å²) in [5, 5.41) is 15.1. The van der Waals surface area contributed by atoms with Gasteiger partial charge in [-0.25, -0.2) is 5.06 Å². The molecule has 5 nitrogen and oxygen atoms in total. The number of nitrogens with one attached hydrogen (secondary N) is 1. The topological polar surface area (TPSA) is 69.6 Å². The molecule has 1 saturated heterocycles. The van der Waals surface area contributed by atoms with E-state index >= 15 is 0 Å². The van der Waals surface area contributed by atoms with E-state index < -0.39 is 5.54 Å². The van der Waals surface area contributed by atoms with Gasteiger partial charge in [0.1, 0.15) is 0 Å². The molecule has 0 aromatic carbocycles. The van der Waals surface area contributed by atoms with Crippen LogP contribution >= 0.6 is 0 Å². The average Bonchev–Trinajstić information content (AvgIpc) is 2.97. The lowest BCUT2D eigenvalue weighted by molar-refractivity contribution is -0.197. The van der Waals surface area contributed by atoms with Gasteiger partial charge in [0.25, 0.3) is 0 Å². The molecule has 6 atom stereocenters. The van der Waals surface area contributed by atoms with Crippen LogP contribution in [0.1, 0.15) is 73.1 Å². The lowest BCUT2D eigenvalue weighted by Crippen LogP contribution is -2.57. The minimum Gasteiger partial charge on any atom is -0.387 e. The Morgan fingerprint density at radius 3 is 2.57 bits per heavy atom. The molecule has 0 spiro atoms. The SMILES string of the molecule is CC(C)(C)N(O)C(=O)C1CC[C@H]2[C@@H]3CNC4=CC(=O)CC[C@]4(C)[C@@H]3CC[C@]12C. The van der Waals surface area contributed by atoms with Gasteiger partial charge in [-0.15, -0.1) is 0 Å². The van der Waals surface area contributed by atoms with Crippen LogP contribution in [0.2, 0.25) is 0 Å². The van der Waals surface area contributed by atoms with E-state index in [0.29, 0.717) is 24.2 Å². The van der Waals surface area contributed by atoms with Crippen LogP contribution in [0.3, 0.4) is 0 Å². The first-order chi connectivity index (χ1) is 13.0. The zero-order chi connectivity index (χ0) is 20.5. The number of nitrogens with zero attached hydrogens (tertiary/aromatic N) is 1. The maximum Gasteiger partial charge on any atom is 0.250 e. The molecule has 4 rings (SSSR count). The molecule has 0 radical (unpaired) electrons. The first kappa shape index (κ1) is 19.9. The average molecular weight is 389 g/mol. The summed E-state index contributed by atoms with van der Waals surface area (Å²) in [5.41, 5.74) is 0.591. The maximum absolute atomic E-state index is 13.2. The van der Waals surface area contributed by atoms with Crippen molar-refractivity contribution in [3.63, 3.8) is 0 Å². The van der Waals surface area contributed by atoms with Crippen LogP contribution in [0.25, 0.3) is 0 Å². The van der Waals surface area contributed by atoms with Crippen LogP contribution in [0.4, 0.5) is 0 Å². The summed E-state index contributed by atoms with van der Waals surface area (Å²) in [6.07, 6.45) is 7.50. The molecule has 2 N–H and O–H groups in total. The van der Waals surface area contributed by atoms with Gasteiger partial charge < -0.3 is 5.32 Å². The van der Waals surface area contributed by atoms with Crippen molar-refractivity contribution in [1.29, 1.82) is 0 Å². The molecule has 1 aliphatic heterocycles. The Morgan fingerprint density at radius 2 is 1.89 bits per heavy atom. The van der Waals surface area contributed by atoms with Gasteiger partial charge in [0, 0.05) is 36.1 Å². The summed E-state index contributed by atoms with van der Waals surface area (Å²) in [6.45, 7) is 11.2. The molecular weight excluding hydrogens is 352 g/mol. The van der Waals surface area contributed by atoms with E-state index in [-0.39, 0.29) is 28.4 Å². The number of carbonyl (C=O) groups is 2. The van der Waals surface area contributed by atoms with Gasteiger partial charge in [0.05, 0.1) is 5.54 Å². The summed E-state index contributed by atoms with van der Waals surface area (Å²) in [7, 11) is 0. The van der Waals surface area contributed by atoms with Gasteiger partial charge in [-0.2, -0.15) is 0 Å². The lowest BCUT2D eigenvalue weighted by Gasteiger charge is -2.58. The van der Waals surface area contributed by atoms with Crippen molar-refractivity contribution in [2.24, 2.45) is 34.5 Å².